The van der Waals surface area contributed by atoms with Crippen molar-refractivity contribution in [3.63, 3.8) is 0 Å². The number of hydrogen-bond donors (Lipinski definition) is 1. The first-order chi connectivity index (χ1) is 5.41. The molecule has 6 heteroatoms. The van der Waals surface area contributed by atoms with E-state index in [9.17, 15) is 18.0 Å². The van der Waals surface area contributed by atoms with Crippen LogP contribution in [0.4, 0.5) is 13.2 Å². The Hall–Kier alpha value is -0.780. The Balaban J connectivity index is 3.99. The molecule has 0 heterocycles. The van der Waals surface area contributed by atoms with Crippen molar-refractivity contribution in [2.45, 2.75) is 20.0 Å². The maximum atomic E-state index is 11.6. The quantitative estimate of drug-likeness (QED) is 0.661. The van der Waals surface area contributed by atoms with Crippen LogP contribution < -0.4 is 5.43 Å². The lowest BCUT2D eigenvalue weighted by Gasteiger charge is -2.19. The maximum Gasteiger partial charge on any atom is 0.472 e. The summed E-state index contributed by atoms with van der Waals surface area (Å²) in [6.07, 6.45) is -4.80. The molecule has 3 nitrogen and oxygen atoms in total. The molecule has 0 bridgehead atoms. The van der Waals surface area contributed by atoms with Crippen LogP contribution in [0.1, 0.15) is 13.8 Å². The fraction of sp³-hybridized carbons (Fsp3) is 0.833. The third-order valence-electron chi connectivity index (χ3n) is 1.28. The highest BCUT2D eigenvalue weighted by Gasteiger charge is 2.39. The summed E-state index contributed by atoms with van der Waals surface area (Å²) in [5, 5.41) is 1.18. The molecule has 0 radical (unpaired) electrons. The zero-order chi connectivity index (χ0) is 9.78. The lowest BCUT2D eigenvalue weighted by atomic mass is 10.6. The van der Waals surface area contributed by atoms with Crippen LogP contribution in [0.15, 0.2) is 0 Å². The molecule has 0 aromatic heterocycles. The number of carbonyl (C=O) groups excluding carboxylic acids is 1. The van der Waals surface area contributed by atoms with E-state index in [4.69, 9.17) is 0 Å². The second-order valence-electron chi connectivity index (χ2n) is 2.11. The van der Waals surface area contributed by atoms with Gasteiger partial charge in [0, 0.05) is 13.1 Å². The zero-order valence-electron chi connectivity index (χ0n) is 6.90. The summed E-state index contributed by atoms with van der Waals surface area (Å²) in [4.78, 5) is 10.3. The minimum absolute atomic E-state index is 0.346. The highest BCUT2D eigenvalue weighted by molar-refractivity contribution is 5.81. The standard InChI is InChI=1S/C6H11F3N2O/c1-3-11(4-2)10-5(12)6(7,8)9/h3-4H2,1-2H3,(H,10,12). The Bertz CT molecular complexity index is 153. The average Bonchev–Trinajstić information content (AvgIpc) is 1.97. The number of carbonyl (C=O) groups is 1. The monoisotopic (exact) mass is 184 g/mol. The predicted octanol–water partition coefficient (Wildman–Crippen LogP) is 0.922. The van der Waals surface area contributed by atoms with Gasteiger partial charge in [0.15, 0.2) is 0 Å². The Morgan fingerprint density at radius 1 is 1.33 bits per heavy atom. The number of halogens is 3. The normalized spacial score (nSPS) is 11.8. The molecule has 0 unspecified atom stereocenters. The molecule has 0 atom stereocenters. The van der Waals surface area contributed by atoms with Crippen molar-refractivity contribution >= 4 is 5.91 Å². The molecule has 0 fully saturated rings. The van der Waals surface area contributed by atoms with Crippen LogP contribution in [0, 0.1) is 0 Å². The topological polar surface area (TPSA) is 32.3 Å². The molecular weight excluding hydrogens is 173 g/mol. The van der Waals surface area contributed by atoms with Crippen LogP contribution >= 0.6 is 0 Å². The lowest BCUT2D eigenvalue weighted by molar-refractivity contribution is -0.178. The SMILES string of the molecule is CCN(CC)NC(=O)C(F)(F)F. The molecule has 0 aromatic carbocycles. The largest absolute Gasteiger partial charge is 0.472 e. The van der Waals surface area contributed by atoms with Crippen LogP contribution in [0.25, 0.3) is 0 Å². The zero-order valence-corrected chi connectivity index (χ0v) is 6.90. The van der Waals surface area contributed by atoms with E-state index >= 15 is 0 Å². The van der Waals surface area contributed by atoms with Crippen molar-refractivity contribution in [2.24, 2.45) is 0 Å². The number of nitrogens with one attached hydrogen (secondary N) is 1. The molecule has 0 spiro atoms. The Morgan fingerprint density at radius 3 is 2.00 bits per heavy atom. The summed E-state index contributed by atoms with van der Waals surface area (Å²) in [5.74, 6) is -1.92. The number of hydrogen-bond acceptors (Lipinski definition) is 2. The minimum atomic E-state index is -4.80. The van der Waals surface area contributed by atoms with Crippen molar-refractivity contribution < 1.29 is 18.0 Å². The molecule has 1 amide bonds. The Labute approximate surface area is 68.5 Å². The van der Waals surface area contributed by atoms with Crippen LogP contribution in [-0.2, 0) is 4.79 Å². The highest BCUT2D eigenvalue weighted by Crippen LogP contribution is 2.14. The Kier molecular flexibility index (Phi) is 4.02. The van der Waals surface area contributed by atoms with Gasteiger partial charge < -0.3 is 0 Å². The number of alkyl halides is 3. The van der Waals surface area contributed by atoms with Gasteiger partial charge in [-0.3, -0.25) is 10.2 Å². The molecule has 0 aliphatic carbocycles. The van der Waals surface area contributed by atoms with E-state index in [1.165, 1.54) is 5.01 Å². The first kappa shape index (κ1) is 11.2. The van der Waals surface area contributed by atoms with Crippen LogP contribution in [0.3, 0.4) is 0 Å². The van der Waals surface area contributed by atoms with E-state index < -0.39 is 12.1 Å². The number of amides is 1. The van der Waals surface area contributed by atoms with Gasteiger partial charge in [0.05, 0.1) is 0 Å². The summed E-state index contributed by atoms with van der Waals surface area (Å²) in [6, 6.07) is 0. The molecule has 0 aromatic rings. The van der Waals surface area contributed by atoms with E-state index in [1.54, 1.807) is 19.3 Å². The van der Waals surface area contributed by atoms with Gasteiger partial charge in [0.25, 0.3) is 0 Å². The van der Waals surface area contributed by atoms with Gasteiger partial charge in [-0.1, -0.05) is 13.8 Å². The molecule has 0 aliphatic rings. The van der Waals surface area contributed by atoms with Gasteiger partial charge in [-0.05, 0) is 0 Å². The minimum Gasteiger partial charge on any atom is -0.281 e. The lowest BCUT2D eigenvalue weighted by Crippen LogP contribution is -2.47. The van der Waals surface area contributed by atoms with Crippen molar-refractivity contribution in [3.8, 4) is 0 Å². The second-order valence-corrected chi connectivity index (χ2v) is 2.11. The first-order valence-corrected chi connectivity index (χ1v) is 3.54. The van der Waals surface area contributed by atoms with Crippen molar-refractivity contribution in [3.05, 3.63) is 0 Å². The van der Waals surface area contributed by atoms with Gasteiger partial charge in [0.1, 0.15) is 0 Å². The molecular formula is C6H11F3N2O. The molecule has 0 rings (SSSR count). The van der Waals surface area contributed by atoms with Crippen molar-refractivity contribution in [1.82, 2.24) is 10.4 Å². The molecule has 0 saturated carbocycles. The summed E-state index contributed by atoms with van der Waals surface area (Å²) in [7, 11) is 0. The van der Waals surface area contributed by atoms with Gasteiger partial charge in [-0.2, -0.15) is 13.2 Å². The smallest absolute Gasteiger partial charge is 0.281 e. The van der Waals surface area contributed by atoms with Gasteiger partial charge in [-0.15, -0.1) is 0 Å². The van der Waals surface area contributed by atoms with Crippen LogP contribution in [0.5, 0.6) is 0 Å². The highest BCUT2D eigenvalue weighted by atomic mass is 19.4. The fourth-order valence-corrected chi connectivity index (χ4v) is 0.589. The molecule has 1 N–H and O–H groups in total. The van der Waals surface area contributed by atoms with E-state index in [2.05, 4.69) is 0 Å². The number of rotatable bonds is 3. The van der Waals surface area contributed by atoms with Crippen molar-refractivity contribution in [2.75, 3.05) is 13.1 Å². The van der Waals surface area contributed by atoms with E-state index in [1.807, 2.05) is 0 Å². The number of nitrogens with zero attached hydrogens (tertiary/aromatic N) is 1. The molecule has 0 aliphatic heterocycles. The van der Waals surface area contributed by atoms with Crippen LogP contribution in [-0.4, -0.2) is 30.2 Å². The molecule has 72 valence electrons. The third-order valence-corrected chi connectivity index (χ3v) is 1.28. The van der Waals surface area contributed by atoms with Gasteiger partial charge >= 0.3 is 12.1 Å². The van der Waals surface area contributed by atoms with E-state index in [-0.39, 0.29) is 0 Å². The fourth-order valence-electron chi connectivity index (χ4n) is 0.589. The predicted molar refractivity (Wildman–Crippen MR) is 37.1 cm³/mol. The summed E-state index contributed by atoms with van der Waals surface area (Å²) in [5.41, 5.74) is 1.73. The van der Waals surface area contributed by atoms with Crippen LogP contribution in [0.2, 0.25) is 0 Å². The number of hydrazine groups is 1. The van der Waals surface area contributed by atoms with E-state index in [0.29, 0.717) is 13.1 Å². The van der Waals surface area contributed by atoms with Gasteiger partial charge in [0.2, 0.25) is 0 Å². The third kappa shape index (κ3) is 3.56. The molecule has 12 heavy (non-hydrogen) atoms. The van der Waals surface area contributed by atoms with Gasteiger partial charge in [-0.25, -0.2) is 5.01 Å². The molecule has 0 saturated heterocycles. The summed E-state index contributed by atoms with van der Waals surface area (Å²) in [6.45, 7) is 4.00. The maximum absolute atomic E-state index is 11.6. The second kappa shape index (κ2) is 4.30. The Morgan fingerprint density at radius 2 is 1.75 bits per heavy atom. The van der Waals surface area contributed by atoms with E-state index in [0.717, 1.165) is 0 Å². The average molecular weight is 184 g/mol. The first-order valence-electron chi connectivity index (χ1n) is 3.54. The van der Waals surface area contributed by atoms with Crippen molar-refractivity contribution in [1.29, 1.82) is 0 Å². The summed E-state index contributed by atoms with van der Waals surface area (Å²) < 4.78 is 34.9. The summed E-state index contributed by atoms with van der Waals surface area (Å²) >= 11 is 0.